The van der Waals surface area contributed by atoms with Gasteiger partial charge in [0, 0.05) is 23.3 Å². The number of aryl methyl sites for hydroxylation is 1. The molecule has 0 unspecified atom stereocenters. The highest BCUT2D eigenvalue weighted by molar-refractivity contribution is 7.90. The standard InChI is InChI=1S/C26H22N2O4S/c1-18-11-13-21(14-12-18)33(30,31)28-17-20(22-9-5-6-10-23(22)28)15-16-27-26(29)25-24(32-25)19-7-3-2-4-8-19/h2-17,24-25H,1H3,(H,27,29)/b16-15-/t24-,25+/m0/s1. The summed E-state index contributed by atoms with van der Waals surface area (Å²) in [6.07, 6.45) is 4.03. The molecular formula is C26H22N2O4S. The fraction of sp³-hybridized carbons (Fsp3) is 0.115. The number of rotatable bonds is 6. The second kappa shape index (κ2) is 8.35. The minimum absolute atomic E-state index is 0.218. The summed E-state index contributed by atoms with van der Waals surface area (Å²) >= 11 is 0. The molecule has 1 aliphatic heterocycles. The van der Waals surface area contributed by atoms with Crippen molar-refractivity contribution in [2.75, 3.05) is 0 Å². The molecule has 2 atom stereocenters. The lowest BCUT2D eigenvalue weighted by Gasteiger charge is -2.07. The van der Waals surface area contributed by atoms with E-state index in [2.05, 4.69) is 5.32 Å². The van der Waals surface area contributed by atoms with Crippen LogP contribution in [0.2, 0.25) is 0 Å². The first-order valence-corrected chi connectivity index (χ1v) is 12.0. The molecule has 33 heavy (non-hydrogen) atoms. The van der Waals surface area contributed by atoms with Crippen molar-refractivity contribution in [3.63, 3.8) is 0 Å². The molecule has 4 aromatic rings. The number of hydrogen-bond acceptors (Lipinski definition) is 4. The Morgan fingerprint density at radius 1 is 0.970 bits per heavy atom. The second-order valence-corrected chi connectivity index (χ2v) is 9.76. The van der Waals surface area contributed by atoms with E-state index >= 15 is 0 Å². The third-order valence-electron chi connectivity index (χ3n) is 5.65. The number of aromatic nitrogens is 1. The van der Waals surface area contributed by atoms with Gasteiger partial charge in [0.15, 0.2) is 6.10 Å². The summed E-state index contributed by atoms with van der Waals surface area (Å²) in [4.78, 5) is 12.6. The minimum Gasteiger partial charge on any atom is -0.354 e. The van der Waals surface area contributed by atoms with E-state index < -0.39 is 16.1 Å². The van der Waals surface area contributed by atoms with E-state index in [1.807, 2.05) is 49.4 Å². The van der Waals surface area contributed by atoms with Gasteiger partial charge in [-0.15, -0.1) is 0 Å². The smallest absolute Gasteiger partial charge is 0.268 e. The zero-order chi connectivity index (χ0) is 23.0. The largest absolute Gasteiger partial charge is 0.354 e. The van der Waals surface area contributed by atoms with Gasteiger partial charge in [-0.2, -0.15) is 0 Å². The van der Waals surface area contributed by atoms with Gasteiger partial charge >= 0.3 is 0 Å². The molecule has 1 N–H and O–H groups in total. The Kier molecular flexibility index (Phi) is 5.36. The van der Waals surface area contributed by atoms with Gasteiger partial charge in [-0.25, -0.2) is 12.4 Å². The fourth-order valence-corrected chi connectivity index (χ4v) is 5.21. The van der Waals surface area contributed by atoms with Crippen molar-refractivity contribution >= 4 is 32.9 Å². The first-order chi connectivity index (χ1) is 15.9. The number of carbonyl (C=O) groups excluding carboxylic acids is 1. The Morgan fingerprint density at radius 3 is 2.42 bits per heavy atom. The van der Waals surface area contributed by atoms with Crippen LogP contribution < -0.4 is 5.32 Å². The Hall–Kier alpha value is -3.68. The Morgan fingerprint density at radius 2 is 1.67 bits per heavy atom. The maximum Gasteiger partial charge on any atom is 0.268 e. The number of para-hydroxylation sites is 1. The van der Waals surface area contributed by atoms with Crippen molar-refractivity contribution in [2.45, 2.75) is 24.0 Å². The number of carbonyl (C=O) groups is 1. The van der Waals surface area contributed by atoms with Gasteiger partial charge in [0.05, 0.1) is 10.4 Å². The van der Waals surface area contributed by atoms with Crippen LogP contribution in [0.15, 0.2) is 96.2 Å². The van der Waals surface area contributed by atoms with Gasteiger partial charge in [0.1, 0.15) is 6.10 Å². The molecule has 1 fully saturated rings. The number of amides is 1. The van der Waals surface area contributed by atoms with Crippen molar-refractivity contribution in [1.82, 2.24) is 9.29 Å². The molecule has 0 spiro atoms. The number of ether oxygens (including phenoxy) is 1. The van der Waals surface area contributed by atoms with E-state index in [1.165, 1.54) is 10.2 Å². The molecule has 1 amide bonds. The van der Waals surface area contributed by atoms with Gasteiger partial charge < -0.3 is 10.1 Å². The zero-order valence-electron chi connectivity index (χ0n) is 17.9. The van der Waals surface area contributed by atoms with E-state index in [1.54, 1.807) is 48.7 Å². The van der Waals surface area contributed by atoms with Crippen LogP contribution in [0.4, 0.5) is 0 Å². The average molecular weight is 459 g/mol. The monoisotopic (exact) mass is 458 g/mol. The lowest BCUT2D eigenvalue weighted by atomic mass is 10.1. The highest BCUT2D eigenvalue weighted by Gasteiger charge is 2.45. The van der Waals surface area contributed by atoms with Crippen LogP contribution in [-0.2, 0) is 19.6 Å². The van der Waals surface area contributed by atoms with Crippen molar-refractivity contribution in [1.29, 1.82) is 0 Å². The molecule has 6 nitrogen and oxygen atoms in total. The summed E-state index contributed by atoms with van der Waals surface area (Å²) in [6, 6.07) is 23.6. The summed E-state index contributed by atoms with van der Waals surface area (Å²) in [5.74, 6) is -0.240. The predicted molar refractivity (Wildman–Crippen MR) is 127 cm³/mol. The first kappa shape index (κ1) is 21.2. The Balaban J connectivity index is 1.38. The third kappa shape index (κ3) is 4.08. The molecule has 166 valence electrons. The van der Waals surface area contributed by atoms with E-state index in [4.69, 9.17) is 4.74 Å². The third-order valence-corrected chi connectivity index (χ3v) is 7.34. The molecule has 0 radical (unpaired) electrons. The Labute approximate surface area is 192 Å². The van der Waals surface area contributed by atoms with Gasteiger partial charge in [-0.3, -0.25) is 4.79 Å². The van der Waals surface area contributed by atoms with E-state index in [0.29, 0.717) is 11.1 Å². The van der Waals surface area contributed by atoms with Crippen LogP contribution in [0.25, 0.3) is 17.0 Å². The molecular weight excluding hydrogens is 436 g/mol. The van der Waals surface area contributed by atoms with Crippen molar-refractivity contribution < 1.29 is 17.9 Å². The molecule has 1 aliphatic rings. The van der Waals surface area contributed by atoms with E-state index in [-0.39, 0.29) is 16.9 Å². The molecule has 1 aromatic heterocycles. The maximum absolute atomic E-state index is 13.3. The van der Waals surface area contributed by atoms with Crippen molar-refractivity contribution in [3.05, 3.63) is 108 Å². The minimum atomic E-state index is -3.77. The summed E-state index contributed by atoms with van der Waals surface area (Å²) in [7, 11) is -3.77. The molecule has 0 saturated carbocycles. The number of nitrogens with one attached hydrogen (secondary N) is 1. The summed E-state index contributed by atoms with van der Waals surface area (Å²) in [5.41, 5.74) is 3.20. The highest BCUT2D eigenvalue weighted by Crippen LogP contribution is 2.38. The van der Waals surface area contributed by atoms with Crippen molar-refractivity contribution in [3.8, 4) is 0 Å². The first-order valence-electron chi connectivity index (χ1n) is 10.5. The molecule has 5 rings (SSSR count). The second-order valence-electron chi connectivity index (χ2n) is 7.95. The molecule has 1 saturated heterocycles. The lowest BCUT2D eigenvalue weighted by Crippen LogP contribution is -2.23. The van der Waals surface area contributed by atoms with Crippen LogP contribution in [0.1, 0.15) is 22.8 Å². The normalized spacial score (nSPS) is 18.0. The summed E-state index contributed by atoms with van der Waals surface area (Å²) in [6.45, 7) is 1.91. The fourth-order valence-electron chi connectivity index (χ4n) is 3.83. The number of benzene rings is 3. The van der Waals surface area contributed by atoms with Gasteiger partial charge in [-0.05, 0) is 36.8 Å². The van der Waals surface area contributed by atoms with Crippen LogP contribution in [0.3, 0.4) is 0 Å². The average Bonchev–Trinajstić information content (AvgIpc) is 3.55. The predicted octanol–water partition coefficient (Wildman–Crippen LogP) is 4.41. The van der Waals surface area contributed by atoms with Crippen molar-refractivity contribution in [2.24, 2.45) is 0 Å². The highest BCUT2D eigenvalue weighted by atomic mass is 32.2. The Bertz CT molecular complexity index is 1460. The molecule has 7 heteroatoms. The molecule has 3 aromatic carbocycles. The number of fused-ring (bicyclic) bond motifs is 1. The molecule has 0 aliphatic carbocycles. The number of nitrogens with zero attached hydrogens (tertiary/aromatic N) is 1. The van der Waals surface area contributed by atoms with Crippen LogP contribution in [0, 0.1) is 6.92 Å². The number of epoxide rings is 1. The van der Waals surface area contributed by atoms with Crippen LogP contribution >= 0.6 is 0 Å². The SMILES string of the molecule is Cc1ccc(S(=O)(=O)n2cc(/C=C\NC(=O)[C@@H]3O[C@H]3c3ccccc3)c3ccccc32)cc1. The summed E-state index contributed by atoms with van der Waals surface area (Å²) < 4.78 is 33.3. The molecule has 2 heterocycles. The van der Waals surface area contributed by atoms with Gasteiger partial charge in [-0.1, -0.05) is 66.2 Å². The van der Waals surface area contributed by atoms with Crippen LogP contribution in [-0.4, -0.2) is 24.4 Å². The summed E-state index contributed by atoms with van der Waals surface area (Å²) in [5, 5.41) is 3.51. The topological polar surface area (TPSA) is 80.7 Å². The quantitative estimate of drug-likeness (QED) is 0.434. The zero-order valence-corrected chi connectivity index (χ0v) is 18.7. The van der Waals surface area contributed by atoms with E-state index in [9.17, 15) is 13.2 Å². The molecule has 0 bridgehead atoms. The van der Waals surface area contributed by atoms with E-state index in [0.717, 1.165) is 16.5 Å². The van der Waals surface area contributed by atoms with Gasteiger partial charge in [0.25, 0.3) is 15.9 Å². The maximum atomic E-state index is 13.3. The van der Waals surface area contributed by atoms with Crippen LogP contribution in [0.5, 0.6) is 0 Å². The number of hydrogen-bond donors (Lipinski definition) is 1. The van der Waals surface area contributed by atoms with Gasteiger partial charge in [0.2, 0.25) is 0 Å². The lowest BCUT2D eigenvalue weighted by molar-refractivity contribution is -0.121.